The van der Waals surface area contributed by atoms with E-state index in [2.05, 4.69) is 4.74 Å². The van der Waals surface area contributed by atoms with Crippen molar-refractivity contribution in [1.82, 2.24) is 0 Å². The number of hydrogen-bond acceptors (Lipinski definition) is 3. The number of rotatable bonds is 4. The molecule has 0 fully saturated rings. The van der Waals surface area contributed by atoms with E-state index in [1.54, 1.807) is 13.0 Å². The second kappa shape index (κ2) is 5.82. The summed E-state index contributed by atoms with van der Waals surface area (Å²) in [5.41, 5.74) is 2.14. The number of ketones is 1. The first-order chi connectivity index (χ1) is 7.95. The average molecular weight is 255 g/mol. The van der Waals surface area contributed by atoms with E-state index in [4.69, 9.17) is 11.6 Å². The van der Waals surface area contributed by atoms with Gasteiger partial charge in [0, 0.05) is 5.56 Å². The van der Waals surface area contributed by atoms with Gasteiger partial charge in [-0.05, 0) is 19.4 Å². The van der Waals surface area contributed by atoms with Gasteiger partial charge in [-0.1, -0.05) is 23.8 Å². The zero-order chi connectivity index (χ0) is 13.0. The van der Waals surface area contributed by atoms with Gasteiger partial charge in [-0.15, -0.1) is 11.6 Å². The lowest BCUT2D eigenvalue weighted by Crippen LogP contribution is -2.15. The summed E-state index contributed by atoms with van der Waals surface area (Å²) in [5.74, 6) is -0.544. The van der Waals surface area contributed by atoms with Gasteiger partial charge in [0.05, 0.1) is 18.9 Å². The molecule has 1 unspecified atom stereocenters. The molecule has 0 aromatic heterocycles. The Balaban J connectivity index is 3.12. The molecule has 3 nitrogen and oxygen atoms in total. The molecule has 0 saturated carbocycles. The summed E-state index contributed by atoms with van der Waals surface area (Å²) in [6.07, 6.45) is 0.0862. The molecular weight excluding hydrogens is 240 g/mol. The van der Waals surface area contributed by atoms with Crippen molar-refractivity contribution in [3.63, 3.8) is 0 Å². The summed E-state index contributed by atoms with van der Waals surface area (Å²) in [6.45, 7) is 3.52. The molecule has 4 heteroatoms. The largest absolute Gasteiger partial charge is 0.469 e. The van der Waals surface area contributed by atoms with Crippen LogP contribution < -0.4 is 0 Å². The van der Waals surface area contributed by atoms with Crippen molar-refractivity contribution in [2.24, 2.45) is 0 Å². The summed E-state index contributed by atoms with van der Waals surface area (Å²) in [7, 11) is 1.32. The van der Waals surface area contributed by atoms with Crippen LogP contribution in [0.15, 0.2) is 18.2 Å². The fraction of sp³-hybridized carbons (Fsp3) is 0.385. The summed E-state index contributed by atoms with van der Waals surface area (Å²) in [6, 6.07) is 5.34. The van der Waals surface area contributed by atoms with E-state index in [1.807, 2.05) is 19.1 Å². The molecule has 1 aromatic carbocycles. The van der Waals surface area contributed by atoms with Crippen LogP contribution in [0.5, 0.6) is 0 Å². The lowest BCUT2D eigenvalue weighted by molar-refractivity contribution is -0.139. The third-order valence-corrected chi connectivity index (χ3v) is 2.65. The molecule has 1 rings (SSSR count). The number of Topliss-reactive ketones (excluding diaryl/α,β-unsaturated/α-hetero) is 1. The van der Waals surface area contributed by atoms with E-state index in [0.29, 0.717) is 11.1 Å². The van der Waals surface area contributed by atoms with Crippen LogP contribution in [0.25, 0.3) is 0 Å². The van der Waals surface area contributed by atoms with Crippen LogP contribution in [0.3, 0.4) is 0 Å². The van der Waals surface area contributed by atoms with Gasteiger partial charge in [-0.25, -0.2) is 0 Å². The minimum atomic E-state index is -0.603. The average Bonchev–Trinajstić information content (AvgIpc) is 2.28. The van der Waals surface area contributed by atoms with Crippen LogP contribution in [0, 0.1) is 6.92 Å². The van der Waals surface area contributed by atoms with Gasteiger partial charge < -0.3 is 4.74 Å². The smallest absolute Gasteiger partial charge is 0.310 e. The lowest BCUT2D eigenvalue weighted by Gasteiger charge is -2.10. The van der Waals surface area contributed by atoms with Gasteiger partial charge in [-0.3, -0.25) is 9.59 Å². The predicted octanol–water partition coefficient (Wildman–Crippen LogP) is 2.52. The van der Waals surface area contributed by atoms with Crippen molar-refractivity contribution in [3.05, 3.63) is 34.9 Å². The minimum Gasteiger partial charge on any atom is -0.469 e. The Labute approximate surface area is 106 Å². The third-order valence-electron chi connectivity index (χ3n) is 2.45. The highest BCUT2D eigenvalue weighted by Crippen LogP contribution is 2.17. The van der Waals surface area contributed by atoms with Crippen molar-refractivity contribution >= 4 is 23.4 Å². The molecule has 0 aliphatic heterocycles. The van der Waals surface area contributed by atoms with Gasteiger partial charge in [0.15, 0.2) is 5.78 Å². The summed E-state index contributed by atoms with van der Waals surface area (Å²) in [4.78, 5) is 23.1. The Hall–Kier alpha value is -1.35. The Morgan fingerprint density at radius 3 is 2.59 bits per heavy atom. The molecule has 0 radical (unpaired) electrons. The monoisotopic (exact) mass is 254 g/mol. The maximum atomic E-state index is 11.9. The quantitative estimate of drug-likeness (QED) is 0.471. The van der Waals surface area contributed by atoms with Crippen LogP contribution >= 0.6 is 11.6 Å². The molecule has 1 aromatic rings. The Morgan fingerprint density at radius 2 is 2.06 bits per heavy atom. The number of halogens is 1. The second-order valence-electron chi connectivity index (χ2n) is 3.89. The number of carbonyl (C=O) groups is 2. The fourth-order valence-corrected chi connectivity index (χ4v) is 1.67. The van der Waals surface area contributed by atoms with E-state index in [1.165, 1.54) is 7.11 Å². The SMILES string of the molecule is COC(=O)Cc1cc(C)ccc1C(=O)C(C)Cl. The predicted molar refractivity (Wildman–Crippen MR) is 66.5 cm³/mol. The number of ether oxygens (including phenoxy) is 1. The molecule has 0 saturated heterocycles. The third kappa shape index (κ3) is 3.56. The van der Waals surface area contributed by atoms with E-state index < -0.39 is 5.38 Å². The van der Waals surface area contributed by atoms with Crippen LogP contribution in [0.1, 0.15) is 28.4 Å². The minimum absolute atomic E-state index is 0.0862. The van der Waals surface area contributed by atoms with Crippen LogP contribution in [-0.4, -0.2) is 24.2 Å². The number of alkyl halides is 1. The van der Waals surface area contributed by atoms with Gasteiger partial charge in [0.1, 0.15) is 0 Å². The first-order valence-electron chi connectivity index (χ1n) is 5.30. The molecule has 92 valence electrons. The van der Waals surface area contributed by atoms with Gasteiger partial charge >= 0.3 is 5.97 Å². The molecule has 0 spiro atoms. The molecule has 0 aliphatic rings. The van der Waals surface area contributed by atoms with E-state index >= 15 is 0 Å². The van der Waals surface area contributed by atoms with Gasteiger partial charge in [0.25, 0.3) is 0 Å². The van der Waals surface area contributed by atoms with Crippen molar-refractivity contribution < 1.29 is 14.3 Å². The maximum Gasteiger partial charge on any atom is 0.310 e. The molecule has 0 aliphatic carbocycles. The van der Waals surface area contributed by atoms with Gasteiger partial charge in [0.2, 0.25) is 0 Å². The van der Waals surface area contributed by atoms with Crippen molar-refractivity contribution in [1.29, 1.82) is 0 Å². The van der Waals surface area contributed by atoms with Crippen LogP contribution in [-0.2, 0) is 16.0 Å². The molecule has 1 atom stereocenters. The van der Waals surface area contributed by atoms with Crippen molar-refractivity contribution in [2.75, 3.05) is 7.11 Å². The molecule has 0 amide bonds. The number of carbonyl (C=O) groups excluding carboxylic acids is 2. The van der Waals surface area contributed by atoms with Crippen LogP contribution in [0.4, 0.5) is 0 Å². The Kier molecular flexibility index (Phi) is 4.70. The normalized spacial score (nSPS) is 12.0. The molecule has 17 heavy (non-hydrogen) atoms. The number of aryl methyl sites for hydroxylation is 1. The second-order valence-corrected chi connectivity index (χ2v) is 4.55. The van der Waals surface area contributed by atoms with Crippen LogP contribution in [0.2, 0.25) is 0 Å². The van der Waals surface area contributed by atoms with Crippen molar-refractivity contribution in [2.45, 2.75) is 25.6 Å². The maximum absolute atomic E-state index is 11.9. The standard InChI is InChI=1S/C13H15ClO3/c1-8-4-5-11(13(16)9(2)14)10(6-8)7-12(15)17-3/h4-6,9H,7H2,1-3H3. The Bertz CT molecular complexity index is 438. The van der Waals surface area contributed by atoms with Gasteiger partial charge in [-0.2, -0.15) is 0 Å². The van der Waals surface area contributed by atoms with E-state index in [9.17, 15) is 9.59 Å². The highest BCUT2D eigenvalue weighted by atomic mass is 35.5. The number of methoxy groups -OCH3 is 1. The highest BCUT2D eigenvalue weighted by Gasteiger charge is 2.18. The zero-order valence-electron chi connectivity index (χ0n) is 10.1. The van der Waals surface area contributed by atoms with E-state index in [0.717, 1.165) is 5.56 Å². The molecular formula is C13H15ClO3. The van der Waals surface area contributed by atoms with Crippen molar-refractivity contribution in [3.8, 4) is 0 Å². The first kappa shape index (κ1) is 13.7. The molecule has 0 bridgehead atoms. The Morgan fingerprint density at radius 1 is 1.41 bits per heavy atom. The topological polar surface area (TPSA) is 43.4 Å². The number of hydrogen-bond donors (Lipinski definition) is 0. The highest BCUT2D eigenvalue weighted by molar-refractivity contribution is 6.33. The molecule has 0 N–H and O–H groups in total. The number of esters is 1. The summed E-state index contributed by atoms with van der Waals surface area (Å²) >= 11 is 5.78. The summed E-state index contributed by atoms with van der Waals surface area (Å²) < 4.78 is 4.61. The van der Waals surface area contributed by atoms with E-state index in [-0.39, 0.29) is 18.2 Å². The molecule has 0 heterocycles. The lowest BCUT2D eigenvalue weighted by atomic mass is 9.97. The number of benzene rings is 1. The fourth-order valence-electron chi connectivity index (χ4n) is 1.55. The zero-order valence-corrected chi connectivity index (χ0v) is 10.9. The summed E-state index contributed by atoms with van der Waals surface area (Å²) in [5, 5.41) is -0.603. The first-order valence-corrected chi connectivity index (χ1v) is 5.74.